The minimum Gasteiger partial charge on any atom is -0.309 e. The van der Waals surface area contributed by atoms with Gasteiger partial charge in [-0.2, -0.15) is 9.97 Å². The molecule has 0 aliphatic carbocycles. The predicted octanol–water partition coefficient (Wildman–Crippen LogP) is 16.2. The zero-order chi connectivity index (χ0) is 44.7. The van der Waals surface area contributed by atoms with Crippen LogP contribution in [0.2, 0.25) is 0 Å². The molecule has 0 saturated carbocycles. The molecule has 0 amide bonds. The summed E-state index contributed by atoms with van der Waals surface area (Å²) in [5.74, 6) is 1.80. The van der Waals surface area contributed by atoms with Crippen LogP contribution in [0.5, 0.6) is 0 Å². The Kier molecular flexibility index (Phi) is 8.52. The Labute approximate surface area is 391 Å². The maximum atomic E-state index is 5.31. The normalized spacial score (nSPS) is 11.8. The lowest BCUT2D eigenvalue weighted by Gasteiger charge is -2.16. The molecule has 3 aromatic heterocycles. The number of hydrogen-bond acceptors (Lipinski definition) is 3. The molecule has 0 radical (unpaired) electrons. The Hall–Kier alpha value is -9.19. The van der Waals surface area contributed by atoms with Gasteiger partial charge in [0, 0.05) is 38.2 Å². The Morgan fingerprint density at radius 1 is 0.235 bits per heavy atom. The standard InChI is InChI=1S/C63H39N5/c1-3-17-40(18-4-1)41-31-33-43(34-32-41)62-64-61(42-19-5-2-6-20-42)65-63(66-62)68-58-30-16-13-27-52(58)55-38-59-54(39-60(55)68)51-26-12-15-29-57(51)67(59)56-28-14-11-21-45(56)44-35-36-50-48-24-8-7-22-46(48)47-23-9-10-25-49(47)53(50)37-44/h1-39H. The van der Waals surface area contributed by atoms with Crippen LogP contribution in [-0.2, 0) is 0 Å². The molecule has 0 aliphatic rings. The van der Waals surface area contributed by atoms with Crippen molar-refractivity contribution < 1.29 is 0 Å². The van der Waals surface area contributed by atoms with Crippen molar-refractivity contribution in [2.24, 2.45) is 0 Å². The first-order valence-corrected chi connectivity index (χ1v) is 23.1. The third-order valence-corrected chi connectivity index (χ3v) is 13.8. The summed E-state index contributed by atoms with van der Waals surface area (Å²) < 4.78 is 4.69. The highest BCUT2D eigenvalue weighted by Crippen LogP contribution is 2.43. The topological polar surface area (TPSA) is 48.5 Å². The summed E-state index contributed by atoms with van der Waals surface area (Å²) in [6.45, 7) is 0. The lowest BCUT2D eigenvalue weighted by molar-refractivity contribution is 0.954. The Balaban J connectivity index is 0.991. The van der Waals surface area contributed by atoms with Gasteiger partial charge in [-0.15, -0.1) is 0 Å². The fourth-order valence-corrected chi connectivity index (χ4v) is 10.6. The largest absolute Gasteiger partial charge is 0.309 e. The van der Waals surface area contributed by atoms with Crippen molar-refractivity contribution in [2.45, 2.75) is 0 Å². The van der Waals surface area contributed by atoms with Crippen LogP contribution >= 0.6 is 0 Å². The van der Waals surface area contributed by atoms with Gasteiger partial charge in [-0.25, -0.2) is 4.98 Å². The number of hydrogen-bond donors (Lipinski definition) is 0. The molecule has 0 saturated heterocycles. The summed E-state index contributed by atoms with van der Waals surface area (Å²) in [6.07, 6.45) is 0. The average Bonchev–Trinajstić information content (AvgIpc) is 3.92. The number of para-hydroxylation sites is 3. The number of fused-ring (bicyclic) bond motifs is 12. The van der Waals surface area contributed by atoms with Crippen LogP contribution in [0.3, 0.4) is 0 Å². The number of aromatic nitrogens is 5. The molecule has 0 N–H and O–H groups in total. The second kappa shape index (κ2) is 15.2. The van der Waals surface area contributed by atoms with E-state index in [1.165, 1.54) is 48.8 Å². The molecule has 3 heterocycles. The van der Waals surface area contributed by atoms with Gasteiger partial charge in [0.2, 0.25) is 5.95 Å². The second-order valence-electron chi connectivity index (χ2n) is 17.6. The molecule has 14 aromatic rings. The van der Waals surface area contributed by atoms with E-state index in [1.807, 2.05) is 24.3 Å². The van der Waals surface area contributed by atoms with Crippen LogP contribution in [-0.4, -0.2) is 24.1 Å². The molecular weight excluding hydrogens is 827 g/mol. The van der Waals surface area contributed by atoms with Gasteiger partial charge in [0.05, 0.1) is 27.8 Å². The van der Waals surface area contributed by atoms with Gasteiger partial charge in [-0.1, -0.05) is 200 Å². The number of rotatable bonds is 6. The third-order valence-electron chi connectivity index (χ3n) is 13.8. The van der Waals surface area contributed by atoms with Crippen molar-refractivity contribution in [1.82, 2.24) is 24.1 Å². The van der Waals surface area contributed by atoms with E-state index in [2.05, 4.69) is 221 Å². The molecule has 0 spiro atoms. The third kappa shape index (κ3) is 5.93. The van der Waals surface area contributed by atoms with Gasteiger partial charge < -0.3 is 4.57 Å². The maximum absolute atomic E-state index is 5.31. The van der Waals surface area contributed by atoms with Crippen molar-refractivity contribution in [3.05, 3.63) is 237 Å². The fraction of sp³-hybridized carbons (Fsp3) is 0. The quantitative estimate of drug-likeness (QED) is 0.156. The van der Waals surface area contributed by atoms with E-state index in [0.717, 1.165) is 66.2 Å². The minimum absolute atomic E-state index is 0.567. The zero-order valence-electron chi connectivity index (χ0n) is 36.8. The molecule has 0 fully saturated rings. The van der Waals surface area contributed by atoms with E-state index in [4.69, 9.17) is 15.0 Å². The monoisotopic (exact) mass is 865 g/mol. The van der Waals surface area contributed by atoms with Crippen LogP contribution < -0.4 is 0 Å². The Bertz CT molecular complexity index is 4270. The van der Waals surface area contributed by atoms with Gasteiger partial charge in [0.15, 0.2) is 11.6 Å². The summed E-state index contributed by atoms with van der Waals surface area (Å²) in [5.41, 5.74) is 11.9. The Morgan fingerprint density at radius 3 is 1.26 bits per heavy atom. The van der Waals surface area contributed by atoms with Crippen molar-refractivity contribution in [3.8, 4) is 56.7 Å². The summed E-state index contributed by atoms with van der Waals surface area (Å²) in [6, 6.07) is 84.7. The van der Waals surface area contributed by atoms with Crippen LogP contribution in [0.15, 0.2) is 237 Å². The van der Waals surface area contributed by atoms with Crippen molar-refractivity contribution in [2.75, 3.05) is 0 Å². The fourth-order valence-electron chi connectivity index (χ4n) is 10.6. The summed E-state index contributed by atoms with van der Waals surface area (Å²) in [5, 5.41) is 12.2. The van der Waals surface area contributed by atoms with E-state index in [9.17, 15) is 0 Å². The molecule has 68 heavy (non-hydrogen) atoms. The lowest BCUT2D eigenvalue weighted by Crippen LogP contribution is -2.06. The van der Waals surface area contributed by atoms with Gasteiger partial charge in [0.25, 0.3) is 0 Å². The molecule has 5 nitrogen and oxygen atoms in total. The van der Waals surface area contributed by atoms with Crippen LogP contribution in [0.25, 0.3) is 133 Å². The van der Waals surface area contributed by atoms with Gasteiger partial charge in [-0.3, -0.25) is 4.57 Å². The smallest absolute Gasteiger partial charge is 0.238 e. The SMILES string of the molecule is c1ccc(-c2ccc(-c3nc(-c4ccccc4)nc(-n4c5ccccc5c5cc6c(cc54)c4ccccc4n6-c4ccccc4-c4ccc5c6ccccc6c6ccccc6c5c4)n3)cc2)cc1. The highest BCUT2D eigenvalue weighted by atomic mass is 15.2. The van der Waals surface area contributed by atoms with Gasteiger partial charge >= 0.3 is 0 Å². The molecular formula is C63H39N5. The van der Waals surface area contributed by atoms with Crippen LogP contribution in [0.4, 0.5) is 0 Å². The van der Waals surface area contributed by atoms with E-state index >= 15 is 0 Å². The number of nitrogens with zero attached hydrogens (tertiary/aromatic N) is 5. The first-order valence-electron chi connectivity index (χ1n) is 23.1. The first-order chi connectivity index (χ1) is 33.7. The highest BCUT2D eigenvalue weighted by Gasteiger charge is 2.22. The summed E-state index contributed by atoms with van der Waals surface area (Å²) in [7, 11) is 0. The van der Waals surface area contributed by atoms with Crippen LogP contribution in [0.1, 0.15) is 0 Å². The maximum Gasteiger partial charge on any atom is 0.238 e. The molecule has 0 bridgehead atoms. The molecule has 316 valence electrons. The van der Waals surface area contributed by atoms with E-state index in [0.29, 0.717) is 17.6 Å². The van der Waals surface area contributed by atoms with E-state index in [1.54, 1.807) is 0 Å². The highest BCUT2D eigenvalue weighted by molar-refractivity contribution is 6.26. The van der Waals surface area contributed by atoms with Crippen molar-refractivity contribution >= 4 is 75.9 Å². The van der Waals surface area contributed by atoms with Gasteiger partial charge in [0.1, 0.15) is 0 Å². The van der Waals surface area contributed by atoms with E-state index < -0.39 is 0 Å². The van der Waals surface area contributed by atoms with E-state index in [-0.39, 0.29) is 0 Å². The first kappa shape index (κ1) is 38.1. The average molecular weight is 866 g/mol. The predicted molar refractivity (Wildman–Crippen MR) is 283 cm³/mol. The zero-order valence-corrected chi connectivity index (χ0v) is 36.8. The molecule has 14 rings (SSSR count). The molecule has 0 atom stereocenters. The summed E-state index contributed by atoms with van der Waals surface area (Å²) in [4.78, 5) is 15.7. The molecule has 0 aliphatic heterocycles. The Morgan fingerprint density at radius 2 is 0.647 bits per heavy atom. The van der Waals surface area contributed by atoms with Crippen molar-refractivity contribution in [1.29, 1.82) is 0 Å². The summed E-state index contributed by atoms with van der Waals surface area (Å²) >= 11 is 0. The molecule has 11 aromatic carbocycles. The van der Waals surface area contributed by atoms with Gasteiger partial charge in [-0.05, 0) is 85.4 Å². The van der Waals surface area contributed by atoms with Crippen LogP contribution in [0, 0.1) is 0 Å². The second-order valence-corrected chi connectivity index (χ2v) is 17.6. The lowest BCUT2D eigenvalue weighted by atomic mass is 9.92. The molecule has 5 heteroatoms. The number of benzene rings is 11. The minimum atomic E-state index is 0.567. The van der Waals surface area contributed by atoms with Crippen molar-refractivity contribution in [3.63, 3.8) is 0 Å². The molecule has 0 unspecified atom stereocenters.